The summed E-state index contributed by atoms with van der Waals surface area (Å²) >= 11 is 3.43. The SMILES string of the molecule is COc1ccc(NC(=O)N[C@@H](C)c2cccc(Br)c2)cc1OC. The van der Waals surface area contributed by atoms with E-state index in [1.165, 1.54) is 0 Å². The van der Waals surface area contributed by atoms with Gasteiger partial charge in [-0.1, -0.05) is 28.1 Å². The molecule has 0 fully saturated rings. The number of hydrogen-bond acceptors (Lipinski definition) is 3. The molecular weight excluding hydrogens is 360 g/mol. The summed E-state index contributed by atoms with van der Waals surface area (Å²) in [5.74, 6) is 1.17. The van der Waals surface area contributed by atoms with Crippen LogP contribution in [0.5, 0.6) is 11.5 Å². The average molecular weight is 379 g/mol. The van der Waals surface area contributed by atoms with E-state index in [0.717, 1.165) is 10.0 Å². The Morgan fingerprint density at radius 1 is 1.09 bits per heavy atom. The van der Waals surface area contributed by atoms with E-state index >= 15 is 0 Å². The number of hydrogen-bond donors (Lipinski definition) is 2. The van der Waals surface area contributed by atoms with Crippen molar-refractivity contribution in [2.24, 2.45) is 0 Å². The third-order valence-electron chi connectivity index (χ3n) is 3.34. The summed E-state index contributed by atoms with van der Waals surface area (Å²) in [6, 6.07) is 12.6. The van der Waals surface area contributed by atoms with Crippen LogP contribution in [0, 0.1) is 0 Å². The maximum absolute atomic E-state index is 12.1. The normalized spacial score (nSPS) is 11.5. The van der Waals surface area contributed by atoms with Crippen molar-refractivity contribution in [3.63, 3.8) is 0 Å². The lowest BCUT2D eigenvalue weighted by atomic mass is 10.1. The van der Waals surface area contributed by atoms with E-state index in [1.807, 2.05) is 31.2 Å². The molecule has 122 valence electrons. The van der Waals surface area contributed by atoms with E-state index in [1.54, 1.807) is 32.4 Å². The summed E-state index contributed by atoms with van der Waals surface area (Å²) in [5, 5.41) is 5.68. The van der Waals surface area contributed by atoms with Crippen LogP contribution in [0.15, 0.2) is 46.9 Å². The molecule has 0 unspecified atom stereocenters. The molecule has 0 bridgehead atoms. The molecule has 2 rings (SSSR count). The Morgan fingerprint density at radius 3 is 2.48 bits per heavy atom. The van der Waals surface area contributed by atoms with Crippen LogP contribution in [0.1, 0.15) is 18.5 Å². The fourth-order valence-electron chi connectivity index (χ4n) is 2.14. The second-order valence-electron chi connectivity index (χ2n) is 4.94. The van der Waals surface area contributed by atoms with E-state index in [4.69, 9.17) is 9.47 Å². The molecule has 0 spiro atoms. The van der Waals surface area contributed by atoms with Crippen LogP contribution in [0.25, 0.3) is 0 Å². The third-order valence-corrected chi connectivity index (χ3v) is 3.83. The fraction of sp³-hybridized carbons (Fsp3) is 0.235. The molecule has 6 heteroatoms. The molecule has 5 nitrogen and oxygen atoms in total. The Labute approximate surface area is 144 Å². The number of anilines is 1. The van der Waals surface area contributed by atoms with Crippen molar-refractivity contribution in [3.8, 4) is 11.5 Å². The molecule has 2 amide bonds. The number of amides is 2. The van der Waals surface area contributed by atoms with Crippen LogP contribution < -0.4 is 20.1 Å². The first-order chi connectivity index (χ1) is 11.0. The molecule has 23 heavy (non-hydrogen) atoms. The first-order valence-corrected chi connectivity index (χ1v) is 7.87. The Morgan fingerprint density at radius 2 is 1.83 bits per heavy atom. The van der Waals surface area contributed by atoms with E-state index in [2.05, 4.69) is 26.6 Å². The highest BCUT2D eigenvalue weighted by Gasteiger charge is 2.11. The van der Waals surface area contributed by atoms with Crippen LogP contribution in [0.3, 0.4) is 0 Å². The van der Waals surface area contributed by atoms with Crippen molar-refractivity contribution in [1.29, 1.82) is 0 Å². The Hall–Kier alpha value is -2.21. The minimum absolute atomic E-state index is 0.118. The second kappa shape index (κ2) is 7.87. The summed E-state index contributed by atoms with van der Waals surface area (Å²) in [7, 11) is 3.12. The maximum Gasteiger partial charge on any atom is 0.319 e. The minimum Gasteiger partial charge on any atom is -0.493 e. The lowest BCUT2D eigenvalue weighted by Gasteiger charge is -2.16. The van der Waals surface area contributed by atoms with E-state index < -0.39 is 0 Å². The fourth-order valence-corrected chi connectivity index (χ4v) is 2.55. The van der Waals surface area contributed by atoms with Gasteiger partial charge >= 0.3 is 6.03 Å². The average Bonchev–Trinajstić information content (AvgIpc) is 2.54. The van der Waals surface area contributed by atoms with E-state index in [9.17, 15) is 4.79 Å². The quantitative estimate of drug-likeness (QED) is 0.812. The van der Waals surface area contributed by atoms with Gasteiger partial charge < -0.3 is 20.1 Å². The third kappa shape index (κ3) is 4.63. The molecule has 2 aromatic rings. The molecule has 0 saturated carbocycles. The Bertz CT molecular complexity index is 691. The highest BCUT2D eigenvalue weighted by atomic mass is 79.9. The van der Waals surface area contributed by atoms with E-state index in [0.29, 0.717) is 17.2 Å². The van der Waals surface area contributed by atoms with Crippen molar-refractivity contribution in [2.45, 2.75) is 13.0 Å². The second-order valence-corrected chi connectivity index (χ2v) is 5.86. The van der Waals surface area contributed by atoms with Gasteiger partial charge in [0.25, 0.3) is 0 Å². The van der Waals surface area contributed by atoms with Crippen molar-refractivity contribution in [2.75, 3.05) is 19.5 Å². The number of ether oxygens (including phenoxy) is 2. The van der Waals surface area contributed by atoms with Crippen LogP contribution in [0.2, 0.25) is 0 Å². The molecule has 0 aliphatic rings. The summed E-state index contributed by atoms with van der Waals surface area (Å²) in [5.41, 5.74) is 1.64. The smallest absolute Gasteiger partial charge is 0.319 e. The molecule has 2 N–H and O–H groups in total. The highest BCUT2D eigenvalue weighted by Crippen LogP contribution is 2.29. The van der Waals surface area contributed by atoms with Gasteiger partial charge in [0.2, 0.25) is 0 Å². The van der Waals surface area contributed by atoms with Crippen LogP contribution in [0.4, 0.5) is 10.5 Å². The van der Waals surface area contributed by atoms with Gasteiger partial charge in [-0.05, 0) is 36.8 Å². The molecule has 0 radical (unpaired) electrons. The molecule has 0 aromatic heterocycles. The van der Waals surface area contributed by atoms with Crippen LogP contribution in [-0.4, -0.2) is 20.3 Å². The number of carbonyl (C=O) groups excluding carboxylic acids is 1. The molecule has 0 saturated heterocycles. The zero-order chi connectivity index (χ0) is 16.8. The van der Waals surface area contributed by atoms with Crippen molar-refractivity contribution in [3.05, 3.63) is 52.5 Å². The van der Waals surface area contributed by atoms with Gasteiger partial charge in [-0.3, -0.25) is 0 Å². The van der Waals surface area contributed by atoms with E-state index in [-0.39, 0.29) is 12.1 Å². The summed E-state index contributed by atoms with van der Waals surface area (Å²) < 4.78 is 11.4. The minimum atomic E-state index is -0.287. The molecule has 0 heterocycles. The van der Waals surface area contributed by atoms with Gasteiger partial charge in [0.15, 0.2) is 11.5 Å². The van der Waals surface area contributed by atoms with Crippen LogP contribution in [-0.2, 0) is 0 Å². The number of nitrogens with one attached hydrogen (secondary N) is 2. The lowest BCUT2D eigenvalue weighted by molar-refractivity contribution is 0.249. The number of rotatable bonds is 5. The van der Waals surface area contributed by atoms with Gasteiger partial charge in [-0.15, -0.1) is 0 Å². The Balaban J connectivity index is 2.02. The summed E-state index contributed by atoms with van der Waals surface area (Å²) in [4.78, 5) is 12.1. The standard InChI is InChI=1S/C17H19BrN2O3/c1-11(12-5-4-6-13(18)9-12)19-17(21)20-14-7-8-15(22-2)16(10-14)23-3/h4-11H,1-3H3,(H2,19,20,21)/t11-/m0/s1. The molecule has 1 atom stereocenters. The number of urea groups is 1. The first kappa shape index (κ1) is 17.1. The number of benzene rings is 2. The highest BCUT2D eigenvalue weighted by molar-refractivity contribution is 9.10. The van der Waals surface area contributed by atoms with Crippen molar-refractivity contribution >= 4 is 27.6 Å². The maximum atomic E-state index is 12.1. The number of methoxy groups -OCH3 is 2. The zero-order valence-corrected chi connectivity index (χ0v) is 14.8. The summed E-state index contributed by atoms with van der Waals surface area (Å²) in [6.45, 7) is 1.93. The Kier molecular flexibility index (Phi) is 5.87. The van der Waals surface area contributed by atoms with Gasteiger partial charge in [-0.25, -0.2) is 4.79 Å². The van der Waals surface area contributed by atoms with Crippen LogP contribution >= 0.6 is 15.9 Å². The number of carbonyl (C=O) groups is 1. The molecule has 0 aliphatic heterocycles. The summed E-state index contributed by atoms with van der Waals surface area (Å²) in [6.07, 6.45) is 0. The topological polar surface area (TPSA) is 59.6 Å². The largest absolute Gasteiger partial charge is 0.493 e. The lowest BCUT2D eigenvalue weighted by Crippen LogP contribution is -2.31. The predicted molar refractivity (Wildman–Crippen MR) is 94.3 cm³/mol. The molecule has 2 aromatic carbocycles. The van der Waals surface area contributed by atoms with Gasteiger partial charge in [-0.2, -0.15) is 0 Å². The monoisotopic (exact) mass is 378 g/mol. The van der Waals surface area contributed by atoms with Crippen molar-refractivity contribution in [1.82, 2.24) is 5.32 Å². The molecular formula is C17H19BrN2O3. The predicted octanol–water partition coefficient (Wildman–Crippen LogP) is 4.35. The molecule has 0 aliphatic carbocycles. The zero-order valence-electron chi connectivity index (χ0n) is 13.2. The van der Waals surface area contributed by atoms with Crippen molar-refractivity contribution < 1.29 is 14.3 Å². The first-order valence-electron chi connectivity index (χ1n) is 7.08. The van der Waals surface area contributed by atoms with Gasteiger partial charge in [0, 0.05) is 16.2 Å². The van der Waals surface area contributed by atoms with Gasteiger partial charge in [0.1, 0.15) is 0 Å². The number of halogens is 1. The van der Waals surface area contributed by atoms with Gasteiger partial charge in [0.05, 0.1) is 20.3 Å².